The summed E-state index contributed by atoms with van der Waals surface area (Å²) in [5.41, 5.74) is 0.834. The van der Waals surface area contributed by atoms with Gasteiger partial charge in [-0.1, -0.05) is 11.6 Å². The van der Waals surface area contributed by atoms with Crippen LogP contribution in [0.4, 0.5) is 5.69 Å². The quantitative estimate of drug-likeness (QED) is 0.392. The number of benzene rings is 2. The number of anilines is 1. The SMILES string of the molecule is CC(C)=CCc1cc(C(=O)Nc2c(O)c3ccc(O)c(C)c3oc2=O)ccc1O. The van der Waals surface area contributed by atoms with Crippen molar-refractivity contribution >= 4 is 22.6 Å². The highest BCUT2D eigenvalue weighted by Crippen LogP contribution is 2.34. The van der Waals surface area contributed by atoms with Crippen molar-refractivity contribution in [2.45, 2.75) is 27.2 Å². The molecule has 4 N–H and O–H groups in total. The Hall–Kier alpha value is -3.74. The van der Waals surface area contributed by atoms with Crippen LogP contribution in [0.3, 0.4) is 0 Å². The largest absolute Gasteiger partial charge is 0.508 e. The van der Waals surface area contributed by atoms with Crippen LogP contribution in [0.1, 0.15) is 35.3 Å². The fourth-order valence-corrected chi connectivity index (χ4v) is 2.87. The van der Waals surface area contributed by atoms with Gasteiger partial charge in [0.05, 0.1) is 5.39 Å². The van der Waals surface area contributed by atoms with E-state index in [1.807, 2.05) is 19.9 Å². The monoisotopic (exact) mass is 395 g/mol. The summed E-state index contributed by atoms with van der Waals surface area (Å²) in [6.45, 7) is 5.40. The van der Waals surface area contributed by atoms with Gasteiger partial charge in [-0.25, -0.2) is 4.79 Å². The molecule has 0 bridgehead atoms. The summed E-state index contributed by atoms with van der Waals surface area (Å²) in [6.07, 6.45) is 2.36. The number of hydrogen-bond acceptors (Lipinski definition) is 6. The Balaban J connectivity index is 1.98. The molecule has 0 radical (unpaired) electrons. The minimum atomic E-state index is -0.944. The maximum Gasteiger partial charge on any atom is 0.364 e. The van der Waals surface area contributed by atoms with E-state index in [4.69, 9.17) is 4.42 Å². The molecule has 0 saturated heterocycles. The first-order valence-corrected chi connectivity index (χ1v) is 8.94. The van der Waals surface area contributed by atoms with Gasteiger partial charge in [0, 0.05) is 11.1 Å². The number of aryl methyl sites for hydroxylation is 1. The van der Waals surface area contributed by atoms with E-state index in [9.17, 15) is 24.9 Å². The first-order chi connectivity index (χ1) is 13.7. The molecule has 2 aromatic carbocycles. The van der Waals surface area contributed by atoms with Crippen molar-refractivity contribution in [3.05, 3.63) is 69.1 Å². The molecule has 7 nitrogen and oxygen atoms in total. The third kappa shape index (κ3) is 3.94. The van der Waals surface area contributed by atoms with Crippen molar-refractivity contribution < 1.29 is 24.5 Å². The highest BCUT2D eigenvalue weighted by Gasteiger charge is 2.19. The number of carbonyl (C=O) groups is 1. The molecule has 1 amide bonds. The van der Waals surface area contributed by atoms with Crippen LogP contribution < -0.4 is 10.9 Å². The van der Waals surface area contributed by atoms with Crippen molar-refractivity contribution in [3.63, 3.8) is 0 Å². The minimum Gasteiger partial charge on any atom is -0.508 e. The third-order valence-electron chi connectivity index (χ3n) is 4.58. The highest BCUT2D eigenvalue weighted by molar-refractivity contribution is 6.06. The number of amides is 1. The van der Waals surface area contributed by atoms with Crippen LogP contribution in [0.25, 0.3) is 11.0 Å². The van der Waals surface area contributed by atoms with E-state index >= 15 is 0 Å². The Morgan fingerprint density at radius 3 is 2.48 bits per heavy atom. The van der Waals surface area contributed by atoms with E-state index in [2.05, 4.69) is 5.32 Å². The Morgan fingerprint density at radius 2 is 1.79 bits per heavy atom. The predicted octanol–water partition coefficient (Wildman–Crippen LogP) is 3.98. The number of phenols is 2. The van der Waals surface area contributed by atoms with E-state index in [-0.39, 0.29) is 28.0 Å². The van der Waals surface area contributed by atoms with Gasteiger partial charge in [-0.2, -0.15) is 0 Å². The molecule has 3 rings (SSSR count). The first-order valence-electron chi connectivity index (χ1n) is 8.94. The third-order valence-corrected chi connectivity index (χ3v) is 4.58. The van der Waals surface area contributed by atoms with E-state index in [0.717, 1.165) is 5.57 Å². The van der Waals surface area contributed by atoms with E-state index in [1.54, 1.807) is 6.92 Å². The zero-order valence-corrected chi connectivity index (χ0v) is 16.2. The minimum absolute atomic E-state index is 0.0409. The second kappa shape index (κ2) is 7.71. The van der Waals surface area contributed by atoms with Crippen LogP contribution in [0.5, 0.6) is 17.2 Å². The Labute approximate surface area is 166 Å². The van der Waals surface area contributed by atoms with Crippen LogP contribution in [0, 0.1) is 6.92 Å². The van der Waals surface area contributed by atoms with Crippen molar-refractivity contribution in [3.8, 4) is 17.2 Å². The molecule has 0 atom stereocenters. The second-order valence-corrected chi connectivity index (χ2v) is 6.98. The second-order valence-electron chi connectivity index (χ2n) is 6.98. The molecule has 0 aliphatic carbocycles. The molecule has 1 heterocycles. The lowest BCUT2D eigenvalue weighted by Crippen LogP contribution is -2.18. The summed E-state index contributed by atoms with van der Waals surface area (Å²) in [5, 5.41) is 32.8. The molecule has 7 heteroatoms. The number of nitrogens with one attached hydrogen (secondary N) is 1. The van der Waals surface area contributed by atoms with Crippen LogP contribution in [-0.4, -0.2) is 21.2 Å². The molecule has 150 valence electrons. The summed E-state index contributed by atoms with van der Waals surface area (Å²) in [7, 11) is 0. The lowest BCUT2D eigenvalue weighted by Gasteiger charge is -2.11. The van der Waals surface area contributed by atoms with Crippen molar-refractivity contribution in [1.82, 2.24) is 0 Å². The molecule has 29 heavy (non-hydrogen) atoms. The zero-order chi connectivity index (χ0) is 21.3. The summed E-state index contributed by atoms with van der Waals surface area (Å²) in [4.78, 5) is 24.9. The average Bonchev–Trinajstić information content (AvgIpc) is 2.67. The maximum atomic E-state index is 12.6. The van der Waals surface area contributed by atoms with E-state index in [1.165, 1.54) is 30.3 Å². The van der Waals surface area contributed by atoms with Gasteiger partial charge in [-0.05, 0) is 63.1 Å². The number of hydrogen-bond donors (Lipinski definition) is 4. The van der Waals surface area contributed by atoms with Crippen molar-refractivity contribution in [2.75, 3.05) is 5.32 Å². The first kappa shape index (κ1) is 20.0. The number of allylic oxidation sites excluding steroid dienone is 2. The van der Waals surface area contributed by atoms with Gasteiger partial charge < -0.3 is 25.1 Å². The Bertz CT molecular complexity index is 1200. The summed E-state index contributed by atoms with van der Waals surface area (Å²) in [6, 6.07) is 7.09. The standard InChI is InChI=1S/C22H21NO6/c1-11(2)4-5-13-10-14(6-8-17(13)25)21(27)23-18-19(26)15-7-9-16(24)12(3)20(15)29-22(18)28/h4,6-10,24-26H,5H2,1-3H3,(H,23,27). The number of fused-ring (bicyclic) bond motifs is 1. The molecule has 3 aromatic rings. The van der Waals surface area contributed by atoms with Crippen molar-refractivity contribution in [1.29, 1.82) is 0 Å². The van der Waals surface area contributed by atoms with E-state index < -0.39 is 23.0 Å². The molecular weight excluding hydrogens is 374 g/mol. The molecular formula is C22H21NO6. The Kier molecular flexibility index (Phi) is 5.32. The fraction of sp³-hybridized carbons (Fsp3) is 0.182. The molecule has 0 aliphatic heterocycles. The van der Waals surface area contributed by atoms with Gasteiger partial charge in [-0.3, -0.25) is 4.79 Å². The average molecular weight is 395 g/mol. The van der Waals surface area contributed by atoms with Crippen LogP contribution >= 0.6 is 0 Å². The van der Waals surface area contributed by atoms with Crippen molar-refractivity contribution in [2.24, 2.45) is 0 Å². The van der Waals surface area contributed by atoms with Gasteiger partial charge >= 0.3 is 5.63 Å². The lowest BCUT2D eigenvalue weighted by atomic mass is 10.0. The molecule has 0 aliphatic rings. The maximum absolute atomic E-state index is 12.6. The zero-order valence-electron chi connectivity index (χ0n) is 16.2. The molecule has 1 aromatic heterocycles. The number of carbonyl (C=O) groups excluding carboxylic acids is 1. The van der Waals surface area contributed by atoms with E-state index in [0.29, 0.717) is 17.5 Å². The van der Waals surface area contributed by atoms with Crippen LogP contribution in [0.15, 0.2) is 51.2 Å². The summed E-state index contributed by atoms with van der Waals surface area (Å²) in [5.74, 6) is -1.11. The van der Waals surface area contributed by atoms with Crippen LogP contribution in [0.2, 0.25) is 0 Å². The molecule has 0 saturated carbocycles. The summed E-state index contributed by atoms with van der Waals surface area (Å²) >= 11 is 0. The predicted molar refractivity (Wildman–Crippen MR) is 110 cm³/mol. The number of phenolic OH excluding ortho intramolecular Hbond substituents is 2. The molecule has 0 fully saturated rings. The highest BCUT2D eigenvalue weighted by atomic mass is 16.4. The summed E-state index contributed by atoms with van der Waals surface area (Å²) < 4.78 is 5.19. The van der Waals surface area contributed by atoms with Crippen LogP contribution in [-0.2, 0) is 6.42 Å². The molecule has 0 unspecified atom stereocenters. The normalized spacial score (nSPS) is 10.7. The van der Waals surface area contributed by atoms with Gasteiger partial charge in [0.25, 0.3) is 5.91 Å². The van der Waals surface area contributed by atoms with Gasteiger partial charge in [0.15, 0.2) is 11.4 Å². The lowest BCUT2D eigenvalue weighted by molar-refractivity contribution is 0.102. The smallest absolute Gasteiger partial charge is 0.364 e. The molecule has 0 spiro atoms. The fourth-order valence-electron chi connectivity index (χ4n) is 2.87. The van der Waals surface area contributed by atoms with Gasteiger partial charge in [-0.15, -0.1) is 0 Å². The van der Waals surface area contributed by atoms with Gasteiger partial charge in [0.2, 0.25) is 0 Å². The number of rotatable bonds is 4. The number of aromatic hydroxyl groups is 3. The topological polar surface area (TPSA) is 120 Å². The van der Waals surface area contributed by atoms with Gasteiger partial charge in [0.1, 0.15) is 17.1 Å². The Morgan fingerprint density at radius 1 is 1.10 bits per heavy atom.